The molecule has 0 aliphatic carbocycles. The zero-order valence-corrected chi connectivity index (χ0v) is 20.0. The van der Waals surface area contributed by atoms with E-state index in [1.807, 2.05) is 49.1 Å². The number of fused-ring (bicyclic) bond motifs is 1. The van der Waals surface area contributed by atoms with E-state index >= 15 is 0 Å². The normalized spacial score (nSPS) is 13.4. The molecule has 5 rings (SSSR count). The first kappa shape index (κ1) is 22.6. The topological polar surface area (TPSA) is 114 Å². The minimum atomic E-state index is -0.269. The average molecular weight is 474 g/mol. The van der Waals surface area contributed by atoms with Crippen LogP contribution in [0.4, 0.5) is 10.5 Å². The first-order valence-electron chi connectivity index (χ1n) is 11.7. The second kappa shape index (κ2) is 9.25. The number of furan rings is 1. The van der Waals surface area contributed by atoms with Crippen LogP contribution in [-0.4, -0.2) is 40.1 Å². The van der Waals surface area contributed by atoms with E-state index in [1.165, 1.54) is 0 Å². The number of urea groups is 1. The molecule has 0 radical (unpaired) electrons. The van der Waals surface area contributed by atoms with Gasteiger partial charge in [-0.05, 0) is 63.4 Å². The van der Waals surface area contributed by atoms with Gasteiger partial charge in [0.1, 0.15) is 11.5 Å². The van der Waals surface area contributed by atoms with E-state index < -0.39 is 0 Å². The summed E-state index contributed by atoms with van der Waals surface area (Å²) < 4.78 is 11.0. The number of hydrogen-bond acceptors (Lipinski definition) is 6. The number of nitrogens with one attached hydrogen (secondary N) is 2. The monoisotopic (exact) mass is 473 g/mol. The largest absolute Gasteiger partial charge is 0.466 e. The summed E-state index contributed by atoms with van der Waals surface area (Å²) in [5.74, 6) is 1.20. The molecule has 0 unspecified atom stereocenters. The van der Waals surface area contributed by atoms with Crippen molar-refractivity contribution < 1.29 is 18.5 Å². The number of hydrogen-bond donors (Lipinski definition) is 2. The van der Waals surface area contributed by atoms with Crippen molar-refractivity contribution in [2.45, 2.75) is 40.2 Å². The lowest BCUT2D eigenvalue weighted by atomic mass is 10.1. The van der Waals surface area contributed by atoms with Crippen molar-refractivity contribution in [3.63, 3.8) is 0 Å². The van der Waals surface area contributed by atoms with Gasteiger partial charge in [-0.15, -0.1) is 0 Å². The Bertz CT molecular complexity index is 1410. The number of benzene rings is 1. The fourth-order valence-corrected chi connectivity index (χ4v) is 4.46. The molecule has 4 aromatic rings. The smallest absolute Gasteiger partial charge is 0.321 e. The quantitative estimate of drug-likeness (QED) is 0.423. The number of nitrogens with zero attached hydrogens (tertiary/aromatic N) is 3. The second-order valence-electron chi connectivity index (χ2n) is 8.84. The van der Waals surface area contributed by atoms with Crippen molar-refractivity contribution in [1.29, 1.82) is 0 Å². The third-order valence-electron chi connectivity index (χ3n) is 6.20. The molecule has 3 amide bonds. The van der Waals surface area contributed by atoms with Crippen molar-refractivity contribution in [2.24, 2.45) is 0 Å². The van der Waals surface area contributed by atoms with Gasteiger partial charge in [-0.25, -0.2) is 9.78 Å². The Morgan fingerprint density at radius 2 is 1.89 bits per heavy atom. The molecule has 3 aromatic heterocycles. The molecule has 0 bridgehead atoms. The van der Waals surface area contributed by atoms with Gasteiger partial charge in [-0.1, -0.05) is 17.3 Å². The van der Waals surface area contributed by atoms with Crippen molar-refractivity contribution in [3.8, 4) is 11.3 Å². The Morgan fingerprint density at radius 3 is 2.63 bits per heavy atom. The second-order valence-corrected chi connectivity index (χ2v) is 8.84. The summed E-state index contributed by atoms with van der Waals surface area (Å²) in [6.45, 7) is 7.36. The first-order valence-corrected chi connectivity index (χ1v) is 11.7. The summed E-state index contributed by atoms with van der Waals surface area (Å²) in [5.41, 5.74) is 4.27. The van der Waals surface area contributed by atoms with E-state index in [0.29, 0.717) is 46.0 Å². The molecule has 0 saturated carbocycles. The van der Waals surface area contributed by atoms with E-state index in [2.05, 4.69) is 20.8 Å². The first-order chi connectivity index (χ1) is 16.9. The fourth-order valence-electron chi connectivity index (χ4n) is 4.46. The van der Waals surface area contributed by atoms with E-state index in [9.17, 15) is 9.59 Å². The van der Waals surface area contributed by atoms with Gasteiger partial charge in [-0.2, -0.15) is 0 Å². The molecule has 1 saturated heterocycles. The predicted octanol–water partition coefficient (Wildman–Crippen LogP) is 4.97. The number of carbonyl (C=O) groups excluding carboxylic acids is 2. The summed E-state index contributed by atoms with van der Waals surface area (Å²) >= 11 is 0. The third-order valence-corrected chi connectivity index (χ3v) is 6.20. The van der Waals surface area contributed by atoms with E-state index in [0.717, 1.165) is 42.8 Å². The summed E-state index contributed by atoms with van der Waals surface area (Å²) in [5, 5.41) is 10.5. The van der Waals surface area contributed by atoms with Gasteiger partial charge in [-0.3, -0.25) is 4.79 Å². The zero-order chi connectivity index (χ0) is 24.5. The van der Waals surface area contributed by atoms with Crippen LogP contribution in [0.15, 0.2) is 45.3 Å². The number of anilines is 1. The standard InChI is InChI=1S/C26H27N5O4/c1-15-11-20(17(3)34-15)22-13-21(23-16(2)30-35-25(23)29-22)24(32)27-14-18-7-6-8-19(12-18)28-26(33)31-9-4-5-10-31/h6-8,11-13H,4-5,9-10,14H2,1-3H3,(H,27,32)(H,28,33). The van der Waals surface area contributed by atoms with Crippen LogP contribution in [0.1, 0.15) is 46.0 Å². The van der Waals surface area contributed by atoms with Crippen molar-refractivity contribution in [2.75, 3.05) is 18.4 Å². The maximum atomic E-state index is 13.3. The van der Waals surface area contributed by atoms with Crippen LogP contribution >= 0.6 is 0 Å². The maximum absolute atomic E-state index is 13.3. The highest BCUT2D eigenvalue weighted by Gasteiger charge is 2.21. The Hall–Kier alpha value is -4.14. The number of pyridine rings is 1. The van der Waals surface area contributed by atoms with Gasteiger partial charge in [0.05, 0.1) is 22.3 Å². The summed E-state index contributed by atoms with van der Waals surface area (Å²) in [6, 6.07) is 11.0. The molecule has 0 atom stereocenters. The zero-order valence-electron chi connectivity index (χ0n) is 20.0. The van der Waals surface area contributed by atoms with Crippen molar-refractivity contribution >= 4 is 28.7 Å². The minimum absolute atomic E-state index is 0.0943. The van der Waals surface area contributed by atoms with Crippen LogP contribution in [0, 0.1) is 20.8 Å². The lowest BCUT2D eigenvalue weighted by Crippen LogP contribution is -2.32. The lowest BCUT2D eigenvalue weighted by molar-refractivity contribution is 0.0952. The Balaban J connectivity index is 1.36. The number of aromatic nitrogens is 2. The molecule has 9 nitrogen and oxygen atoms in total. The third kappa shape index (κ3) is 4.62. The molecule has 1 aromatic carbocycles. The van der Waals surface area contributed by atoms with Gasteiger partial charge in [0.2, 0.25) is 0 Å². The number of carbonyl (C=O) groups is 2. The van der Waals surface area contributed by atoms with Crippen LogP contribution < -0.4 is 10.6 Å². The molecule has 0 spiro atoms. The van der Waals surface area contributed by atoms with Crippen molar-refractivity contribution in [3.05, 3.63) is 64.7 Å². The predicted molar refractivity (Wildman–Crippen MR) is 131 cm³/mol. The molecular weight excluding hydrogens is 446 g/mol. The maximum Gasteiger partial charge on any atom is 0.321 e. The molecule has 1 fully saturated rings. The van der Waals surface area contributed by atoms with Gasteiger partial charge in [0, 0.05) is 30.9 Å². The fraction of sp³-hybridized carbons (Fsp3) is 0.308. The van der Waals surface area contributed by atoms with E-state index in [-0.39, 0.29) is 11.9 Å². The summed E-state index contributed by atoms with van der Waals surface area (Å²) in [6.07, 6.45) is 2.07. The Labute approximate surface area is 202 Å². The van der Waals surface area contributed by atoms with Crippen molar-refractivity contribution in [1.82, 2.24) is 20.4 Å². The van der Waals surface area contributed by atoms with Crippen LogP contribution in [-0.2, 0) is 6.54 Å². The van der Waals surface area contributed by atoms with E-state index in [4.69, 9.17) is 8.94 Å². The molecule has 4 heterocycles. The summed E-state index contributed by atoms with van der Waals surface area (Å²) in [4.78, 5) is 32.1. The molecule has 2 N–H and O–H groups in total. The Kier molecular flexibility index (Phi) is 5.98. The highest BCUT2D eigenvalue weighted by Crippen LogP contribution is 2.30. The van der Waals surface area contributed by atoms with Crippen LogP contribution in [0.5, 0.6) is 0 Å². The number of amides is 3. The molecular formula is C26H27N5O4. The van der Waals surface area contributed by atoms with Crippen LogP contribution in [0.25, 0.3) is 22.4 Å². The lowest BCUT2D eigenvalue weighted by Gasteiger charge is -2.16. The van der Waals surface area contributed by atoms with Gasteiger partial charge in [0.15, 0.2) is 0 Å². The van der Waals surface area contributed by atoms with Crippen LogP contribution in [0.3, 0.4) is 0 Å². The molecule has 35 heavy (non-hydrogen) atoms. The minimum Gasteiger partial charge on any atom is -0.466 e. The van der Waals surface area contributed by atoms with Crippen LogP contribution in [0.2, 0.25) is 0 Å². The van der Waals surface area contributed by atoms with Gasteiger partial charge >= 0.3 is 6.03 Å². The van der Waals surface area contributed by atoms with Gasteiger partial charge in [0.25, 0.3) is 11.6 Å². The number of aryl methyl sites for hydroxylation is 3. The highest BCUT2D eigenvalue weighted by molar-refractivity contribution is 6.07. The number of likely N-dealkylation sites (tertiary alicyclic amines) is 1. The average Bonchev–Trinajstić information content (AvgIpc) is 3.58. The summed E-state index contributed by atoms with van der Waals surface area (Å²) in [7, 11) is 0. The van der Waals surface area contributed by atoms with Gasteiger partial charge < -0.3 is 24.5 Å². The Morgan fingerprint density at radius 1 is 1.09 bits per heavy atom. The molecule has 180 valence electrons. The molecule has 1 aliphatic heterocycles. The van der Waals surface area contributed by atoms with E-state index in [1.54, 1.807) is 13.0 Å². The SMILES string of the molecule is Cc1cc(-c2cc(C(=O)NCc3cccc(NC(=O)N4CCCC4)c3)c3c(C)noc3n2)c(C)o1. The highest BCUT2D eigenvalue weighted by atomic mass is 16.5. The number of rotatable bonds is 5. The molecule has 9 heteroatoms. The molecule has 1 aliphatic rings.